The number of hydrogen-bond acceptors (Lipinski definition) is 3. The molecule has 1 saturated carbocycles. The van der Waals surface area contributed by atoms with Gasteiger partial charge in [-0.3, -0.25) is 10.1 Å². The Hall–Kier alpha value is -1.58. The monoisotopic (exact) mass is 220 g/mol. The fraction of sp³-hybridized carbons (Fsp3) is 0.500. The van der Waals surface area contributed by atoms with Crippen LogP contribution in [-0.4, -0.2) is 11.5 Å². The van der Waals surface area contributed by atoms with Gasteiger partial charge in [-0.25, -0.2) is 0 Å². The summed E-state index contributed by atoms with van der Waals surface area (Å²) in [7, 11) is 0. The molecule has 1 unspecified atom stereocenters. The minimum Gasteiger partial charge on any atom is -0.385 e. The van der Waals surface area contributed by atoms with Gasteiger partial charge in [0.2, 0.25) is 0 Å². The van der Waals surface area contributed by atoms with Crippen LogP contribution >= 0.6 is 0 Å². The summed E-state index contributed by atoms with van der Waals surface area (Å²) in [6.07, 6.45) is 2.66. The molecule has 0 amide bonds. The second kappa shape index (κ2) is 4.51. The normalized spacial score (nSPS) is 16.8. The predicted molar refractivity (Wildman–Crippen MR) is 63.5 cm³/mol. The highest BCUT2D eigenvalue weighted by molar-refractivity contribution is 5.50. The highest BCUT2D eigenvalue weighted by Gasteiger charge is 2.27. The van der Waals surface area contributed by atoms with E-state index in [-0.39, 0.29) is 10.6 Å². The molecule has 2 rings (SSSR count). The lowest BCUT2D eigenvalue weighted by Crippen LogP contribution is -2.12. The molecule has 0 radical (unpaired) electrons. The van der Waals surface area contributed by atoms with Crippen molar-refractivity contribution in [2.75, 3.05) is 11.9 Å². The Kier molecular flexibility index (Phi) is 3.08. The molecular weight excluding hydrogens is 204 g/mol. The highest BCUT2D eigenvalue weighted by atomic mass is 16.6. The van der Waals surface area contributed by atoms with Crippen LogP contribution in [0.5, 0.6) is 0 Å². The van der Waals surface area contributed by atoms with E-state index in [9.17, 15) is 10.1 Å². The van der Waals surface area contributed by atoms with E-state index in [1.807, 2.05) is 6.07 Å². The van der Waals surface area contributed by atoms with Crippen LogP contribution in [0.1, 0.15) is 19.8 Å². The van der Waals surface area contributed by atoms with Gasteiger partial charge in [0.05, 0.1) is 4.92 Å². The second-order valence-electron chi connectivity index (χ2n) is 4.50. The Morgan fingerprint density at radius 2 is 2.31 bits per heavy atom. The number of rotatable bonds is 5. The van der Waals surface area contributed by atoms with Crippen LogP contribution in [0, 0.1) is 22.0 Å². The number of nitrogens with zero attached hydrogens (tertiary/aromatic N) is 1. The molecule has 16 heavy (non-hydrogen) atoms. The molecule has 4 nitrogen and oxygen atoms in total. The Balaban J connectivity index is 1.92. The van der Waals surface area contributed by atoms with Crippen LogP contribution in [0.4, 0.5) is 11.4 Å². The summed E-state index contributed by atoms with van der Waals surface area (Å²) in [5.74, 6) is 1.51. The number of anilines is 1. The van der Waals surface area contributed by atoms with Gasteiger partial charge in [-0.15, -0.1) is 0 Å². The summed E-state index contributed by atoms with van der Waals surface area (Å²) in [5, 5.41) is 13.8. The minimum atomic E-state index is -0.366. The summed E-state index contributed by atoms with van der Waals surface area (Å²) in [6, 6.07) is 6.67. The molecule has 1 atom stereocenters. The van der Waals surface area contributed by atoms with E-state index in [1.54, 1.807) is 12.1 Å². The molecule has 1 fully saturated rings. The fourth-order valence-electron chi connectivity index (χ4n) is 1.84. The molecule has 0 heterocycles. The van der Waals surface area contributed by atoms with Crippen molar-refractivity contribution in [2.24, 2.45) is 11.8 Å². The molecule has 4 heteroatoms. The van der Waals surface area contributed by atoms with Crippen molar-refractivity contribution >= 4 is 11.4 Å². The lowest BCUT2D eigenvalue weighted by molar-refractivity contribution is -0.384. The average molecular weight is 220 g/mol. The molecule has 1 aromatic rings. The summed E-state index contributed by atoms with van der Waals surface area (Å²) in [4.78, 5) is 10.2. The van der Waals surface area contributed by atoms with Crippen molar-refractivity contribution < 1.29 is 4.92 Å². The van der Waals surface area contributed by atoms with Crippen LogP contribution < -0.4 is 5.32 Å². The number of hydrogen-bond donors (Lipinski definition) is 1. The van der Waals surface area contributed by atoms with E-state index < -0.39 is 0 Å². The topological polar surface area (TPSA) is 55.2 Å². The van der Waals surface area contributed by atoms with E-state index in [0.717, 1.165) is 18.2 Å². The average Bonchev–Trinajstić information content (AvgIpc) is 3.10. The Morgan fingerprint density at radius 3 is 2.94 bits per heavy atom. The van der Waals surface area contributed by atoms with Crippen LogP contribution in [0.3, 0.4) is 0 Å². The number of non-ortho nitro benzene ring substituents is 1. The summed E-state index contributed by atoms with van der Waals surface area (Å²) >= 11 is 0. The lowest BCUT2D eigenvalue weighted by Gasteiger charge is -2.12. The summed E-state index contributed by atoms with van der Waals surface area (Å²) in [6.45, 7) is 3.12. The number of nitro groups is 1. The van der Waals surface area contributed by atoms with Crippen LogP contribution in [-0.2, 0) is 0 Å². The van der Waals surface area contributed by atoms with Gasteiger partial charge in [0.1, 0.15) is 0 Å². The highest BCUT2D eigenvalue weighted by Crippen LogP contribution is 2.36. The maximum absolute atomic E-state index is 10.6. The fourth-order valence-corrected chi connectivity index (χ4v) is 1.84. The quantitative estimate of drug-likeness (QED) is 0.613. The van der Waals surface area contributed by atoms with Gasteiger partial charge in [-0.05, 0) is 30.7 Å². The third-order valence-electron chi connectivity index (χ3n) is 3.11. The molecule has 1 aliphatic carbocycles. The van der Waals surface area contributed by atoms with Crippen molar-refractivity contribution in [1.29, 1.82) is 0 Å². The maximum Gasteiger partial charge on any atom is 0.271 e. The SMILES string of the molecule is CC(CNc1cccc([N+](=O)[O-])c1)C1CC1. The van der Waals surface area contributed by atoms with Gasteiger partial charge < -0.3 is 5.32 Å². The molecule has 0 saturated heterocycles. The largest absolute Gasteiger partial charge is 0.385 e. The molecule has 0 bridgehead atoms. The molecule has 86 valence electrons. The number of benzene rings is 1. The van der Waals surface area contributed by atoms with Crippen molar-refractivity contribution in [3.05, 3.63) is 34.4 Å². The zero-order valence-corrected chi connectivity index (χ0v) is 9.35. The Bertz CT molecular complexity index is 388. The standard InChI is InChI=1S/C12H16N2O2/c1-9(10-5-6-10)8-13-11-3-2-4-12(7-11)14(15)16/h2-4,7,9-10,13H,5-6,8H2,1H3. The third-order valence-corrected chi connectivity index (χ3v) is 3.11. The van der Waals surface area contributed by atoms with Crippen LogP contribution in [0.25, 0.3) is 0 Å². The van der Waals surface area contributed by atoms with Crippen molar-refractivity contribution in [2.45, 2.75) is 19.8 Å². The molecule has 0 aromatic heterocycles. The van der Waals surface area contributed by atoms with Gasteiger partial charge in [-0.1, -0.05) is 13.0 Å². The number of nitrogens with one attached hydrogen (secondary N) is 1. The van der Waals surface area contributed by atoms with Crippen molar-refractivity contribution in [3.8, 4) is 0 Å². The molecule has 0 spiro atoms. The van der Waals surface area contributed by atoms with Crippen molar-refractivity contribution in [1.82, 2.24) is 0 Å². The van der Waals surface area contributed by atoms with Gasteiger partial charge in [-0.2, -0.15) is 0 Å². The smallest absolute Gasteiger partial charge is 0.271 e. The Labute approximate surface area is 94.8 Å². The van der Waals surface area contributed by atoms with E-state index in [2.05, 4.69) is 12.2 Å². The first-order valence-corrected chi connectivity index (χ1v) is 5.65. The molecule has 1 aromatic carbocycles. The summed E-state index contributed by atoms with van der Waals surface area (Å²) in [5.41, 5.74) is 0.978. The van der Waals surface area contributed by atoms with E-state index in [1.165, 1.54) is 18.9 Å². The first kappa shape index (κ1) is 10.9. The molecule has 1 aliphatic rings. The molecule has 1 N–H and O–H groups in total. The zero-order valence-electron chi connectivity index (χ0n) is 9.35. The van der Waals surface area contributed by atoms with E-state index >= 15 is 0 Å². The predicted octanol–water partition coefficient (Wildman–Crippen LogP) is 3.05. The minimum absolute atomic E-state index is 0.143. The van der Waals surface area contributed by atoms with Gasteiger partial charge >= 0.3 is 0 Å². The third kappa shape index (κ3) is 2.72. The van der Waals surface area contributed by atoms with Gasteiger partial charge in [0.25, 0.3) is 5.69 Å². The zero-order chi connectivity index (χ0) is 11.5. The van der Waals surface area contributed by atoms with Gasteiger partial charge in [0.15, 0.2) is 0 Å². The lowest BCUT2D eigenvalue weighted by atomic mass is 10.1. The van der Waals surface area contributed by atoms with E-state index in [0.29, 0.717) is 5.92 Å². The van der Waals surface area contributed by atoms with Crippen molar-refractivity contribution in [3.63, 3.8) is 0 Å². The first-order valence-electron chi connectivity index (χ1n) is 5.65. The first-order chi connectivity index (χ1) is 7.66. The van der Waals surface area contributed by atoms with E-state index in [4.69, 9.17) is 0 Å². The molecular formula is C12H16N2O2. The number of nitro benzene ring substituents is 1. The summed E-state index contributed by atoms with van der Waals surface area (Å²) < 4.78 is 0. The van der Waals surface area contributed by atoms with Crippen LogP contribution in [0.2, 0.25) is 0 Å². The second-order valence-corrected chi connectivity index (χ2v) is 4.50. The molecule has 0 aliphatic heterocycles. The maximum atomic E-state index is 10.6. The van der Waals surface area contributed by atoms with Crippen LogP contribution in [0.15, 0.2) is 24.3 Å². The van der Waals surface area contributed by atoms with Gasteiger partial charge in [0, 0.05) is 24.4 Å². The Morgan fingerprint density at radius 1 is 1.56 bits per heavy atom.